The minimum absolute atomic E-state index is 0.180. The molecule has 162 valence electrons. The summed E-state index contributed by atoms with van der Waals surface area (Å²) in [5.74, 6) is 1.54. The summed E-state index contributed by atoms with van der Waals surface area (Å²) in [4.78, 5) is 21.7. The summed E-state index contributed by atoms with van der Waals surface area (Å²) in [5, 5.41) is 9.99. The van der Waals surface area contributed by atoms with E-state index in [1.807, 2.05) is 30.5 Å². The average Bonchev–Trinajstić information content (AvgIpc) is 3.43. The molecule has 0 aromatic carbocycles. The fourth-order valence-corrected chi connectivity index (χ4v) is 3.81. The van der Waals surface area contributed by atoms with Crippen molar-refractivity contribution < 1.29 is 9.32 Å². The van der Waals surface area contributed by atoms with Crippen LogP contribution >= 0.6 is 0 Å². The standard InChI is InChI=1S/C22H27N7O2/c1-3-15(22(30)26-17-9-13-31-28-17)8-7-14(2)18-19-20(23)25-11-12-29(19)21(27-18)16-6-4-5-10-24-16/h7-9,11-13,16,24H,3-6,10H2,1-2H3,(H2,23,25)(H,26,28,30)/b14-7+,15-8+/t16-/m0/s1. The summed E-state index contributed by atoms with van der Waals surface area (Å²) in [6, 6.07) is 1.78. The molecule has 4 rings (SSSR count). The summed E-state index contributed by atoms with van der Waals surface area (Å²) < 4.78 is 6.79. The van der Waals surface area contributed by atoms with Gasteiger partial charge in [-0.15, -0.1) is 0 Å². The van der Waals surface area contributed by atoms with Crippen LogP contribution in [-0.2, 0) is 4.79 Å². The van der Waals surface area contributed by atoms with E-state index in [0.29, 0.717) is 23.6 Å². The summed E-state index contributed by atoms with van der Waals surface area (Å²) >= 11 is 0. The lowest BCUT2D eigenvalue weighted by atomic mass is 10.0. The highest BCUT2D eigenvalue weighted by molar-refractivity contribution is 6.03. The molecule has 0 saturated carbocycles. The predicted octanol–water partition coefficient (Wildman–Crippen LogP) is 3.49. The van der Waals surface area contributed by atoms with Gasteiger partial charge in [-0.25, -0.2) is 9.97 Å². The van der Waals surface area contributed by atoms with Gasteiger partial charge in [0, 0.05) is 24.0 Å². The van der Waals surface area contributed by atoms with Gasteiger partial charge in [0.25, 0.3) is 5.91 Å². The third kappa shape index (κ3) is 4.36. The molecule has 0 unspecified atom stereocenters. The quantitative estimate of drug-likeness (QED) is 0.411. The Kier molecular flexibility index (Phi) is 6.13. The van der Waals surface area contributed by atoms with E-state index in [4.69, 9.17) is 15.2 Å². The first-order chi connectivity index (χ1) is 15.1. The molecule has 31 heavy (non-hydrogen) atoms. The number of amides is 1. The SMILES string of the molecule is CC/C(=C\C=C(/C)c1nc([C@@H]2CCCCN2)n2ccnc(N)c12)C(=O)Nc1ccon1. The molecule has 1 saturated heterocycles. The fraction of sp³-hybridized carbons (Fsp3) is 0.364. The number of hydrogen-bond donors (Lipinski definition) is 3. The van der Waals surface area contributed by atoms with Crippen molar-refractivity contribution in [3.63, 3.8) is 0 Å². The number of imidazole rings is 1. The van der Waals surface area contributed by atoms with Gasteiger partial charge < -0.3 is 20.9 Å². The van der Waals surface area contributed by atoms with E-state index in [1.54, 1.807) is 18.3 Å². The number of nitrogens with one attached hydrogen (secondary N) is 2. The maximum atomic E-state index is 12.5. The Morgan fingerprint density at radius 3 is 3.00 bits per heavy atom. The molecule has 0 aliphatic carbocycles. The number of rotatable bonds is 6. The number of aromatic nitrogens is 4. The van der Waals surface area contributed by atoms with Crippen molar-refractivity contribution in [1.82, 2.24) is 24.8 Å². The van der Waals surface area contributed by atoms with Gasteiger partial charge in [-0.2, -0.15) is 0 Å². The van der Waals surface area contributed by atoms with E-state index in [0.717, 1.165) is 35.6 Å². The summed E-state index contributed by atoms with van der Waals surface area (Å²) in [6.07, 6.45) is 12.7. The number of carbonyl (C=O) groups excluding carboxylic acids is 1. The minimum atomic E-state index is -0.219. The normalized spacial score (nSPS) is 17.8. The third-order valence-electron chi connectivity index (χ3n) is 5.49. The van der Waals surface area contributed by atoms with Crippen molar-refractivity contribution in [3.8, 4) is 0 Å². The number of nitrogens with two attached hydrogens (primary N) is 1. The average molecular weight is 422 g/mol. The van der Waals surface area contributed by atoms with Gasteiger partial charge in [-0.3, -0.25) is 9.20 Å². The highest BCUT2D eigenvalue weighted by atomic mass is 16.5. The molecule has 1 fully saturated rings. The van der Waals surface area contributed by atoms with Crippen molar-refractivity contribution in [1.29, 1.82) is 0 Å². The van der Waals surface area contributed by atoms with Crippen molar-refractivity contribution in [2.75, 3.05) is 17.6 Å². The van der Waals surface area contributed by atoms with Crippen LogP contribution in [0.4, 0.5) is 11.6 Å². The van der Waals surface area contributed by atoms with Crippen molar-refractivity contribution in [3.05, 3.63) is 54.0 Å². The van der Waals surface area contributed by atoms with Gasteiger partial charge in [0.1, 0.15) is 23.4 Å². The van der Waals surface area contributed by atoms with Crippen molar-refractivity contribution in [2.45, 2.75) is 45.6 Å². The molecule has 0 spiro atoms. The van der Waals surface area contributed by atoms with Crippen LogP contribution in [0.2, 0.25) is 0 Å². The lowest BCUT2D eigenvalue weighted by molar-refractivity contribution is -0.113. The molecule has 3 aromatic heterocycles. The Balaban J connectivity index is 1.67. The largest absolute Gasteiger partial charge is 0.382 e. The zero-order chi connectivity index (χ0) is 21.8. The molecule has 0 radical (unpaired) electrons. The van der Waals surface area contributed by atoms with Crippen LogP contribution in [0.3, 0.4) is 0 Å². The van der Waals surface area contributed by atoms with Crippen molar-refractivity contribution >= 4 is 28.6 Å². The summed E-state index contributed by atoms with van der Waals surface area (Å²) in [7, 11) is 0. The molecular weight excluding hydrogens is 394 g/mol. The Bertz CT molecular complexity index is 1120. The molecule has 4 N–H and O–H groups in total. The van der Waals surface area contributed by atoms with Crippen LogP contribution in [-0.4, -0.2) is 32.0 Å². The number of nitrogens with zero attached hydrogens (tertiary/aromatic N) is 4. The maximum Gasteiger partial charge on any atom is 0.252 e. The van der Waals surface area contributed by atoms with Crippen LogP contribution in [0.1, 0.15) is 57.1 Å². The molecule has 1 atom stereocenters. The van der Waals surface area contributed by atoms with Crippen LogP contribution < -0.4 is 16.4 Å². The Morgan fingerprint density at radius 2 is 2.29 bits per heavy atom. The molecular formula is C22H27N7O2. The smallest absolute Gasteiger partial charge is 0.252 e. The number of carbonyl (C=O) groups is 1. The summed E-state index contributed by atoms with van der Waals surface area (Å²) in [5.41, 5.74) is 9.31. The second kappa shape index (κ2) is 9.13. The molecule has 1 amide bonds. The maximum absolute atomic E-state index is 12.5. The first kappa shape index (κ1) is 20.8. The topological polar surface area (TPSA) is 123 Å². The van der Waals surface area contributed by atoms with Gasteiger partial charge in [0.05, 0.1) is 11.7 Å². The first-order valence-electron chi connectivity index (χ1n) is 10.5. The molecule has 3 aromatic rings. The number of anilines is 2. The van der Waals surface area contributed by atoms with Crippen LogP contribution in [0.5, 0.6) is 0 Å². The highest BCUT2D eigenvalue weighted by Gasteiger charge is 2.23. The molecule has 1 aliphatic heterocycles. The van der Waals surface area contributed by atoms with Gasteiger partial charge in [0.2, 0.25) is 0 Å². The van der Waals surface area contributed by atoms with Gasteiger partial charge >= 0.3 is 0 Å². The number of allylic oxidation sites excluding steroid dienone is 3. The van der Waals surface area contributed by atoms with E-state index in [9.17, 15) is 4.79 Å². The Labute approximate surface area is 180 Å². The Hall–Kier alpha value is -3.46. The van der Waals surface area contributed by atoms with E-state index in [1.165, 1.54) is 19.1 Å². The zero-order valence-electron chi connectivity index (χ0n) is 17.8. The Morgan fingerprint density at radius 1 is 1.42 bits per heavy atom. The molecule has 9 nitrogen and oxygen atoms in total. The third-order valence-corrected chi connectivity index (χ3v) is 5.49. The highest BCUT2D eigenvalue weighted by Crippen LogP contribution is 2.30. The predicted molar refractivity (Wildman–Crippen MR) is 119 cm³/mol. The van der Waals surface area contributed by atoms with E-state index in [-0.39, 0.29) is 11.9 Å². The van der Waals surface area contributed by atoms with Gasteiger partial charge in [-0.05, 0) is 38.3 Å². The lowest BCUT2D eigenvalue weighted by Gasteiger charge is -2.22. The number of nitrogen functional groups attached to an aromatic ring is 1. The van der Waals surface area contributed by atoms with E-state index >= 15 is 0 Å². The molecule has 1 aliphatic rings. The second-order valence-corrected chi connectivity index (χ2v) is 7.59. The molecule has 0 bridgehead atoms. The minimum Gasteiger partial charge on any atom is -0.382 e. The van der Waals surface area contributed by atoms with E-state index in [2.05, 4.69) is 20.8 Å². The second-order valence-electron chi connectivity index (χ2n) is 7.59. The van der Waals surface area contributed by atoms with Crippen molar-refractivity contribution in [2.24, 2.45) is 0 Å². The molecule has 4 heterocycles. The fourth-order valence-electron chi connectivity index (χ4n) is 3.81. The number of fused-ring (bicyclic) bond motifs is 1. The lowest BCUT2D eigenvalue weighted by Crippen LogP contribution is -2.28. The monoisotopic (exact) mass is 421 g/mol. The van der Waals surface area contributed by atoms with Crippen LogP contribution in [0.25, 0.3) is 11.1 Å². The zero-order valence-corrected chi connectivity index (χ0v) is 17.8. The van der Waals surface area contributed by atoms with Crippen LogP contribution in [0.15, 0.2) is 47.0 Å². The molecule has 9 heteroatoms. The van der Waals surface area contributed by atoms with E-state index < -0.39 is 0 Å². The van der Waals surface area contributed by atoms with Gasteiger partial charge in [0.15, 0.2) is 5.82 Å². The first-order valence-corrected chi connectivity index (χ1v) is 10.5. The van der Waals surface area contributed by atoms with Crippen LogP contribution in [0, 0.1) is 0 Å². The number of piperidine rings is 1. The number of hydrogen-bond acceptors (Lipinski definition) is 7. The summed E-state index contributed by atoms with van der Waals surface area (Å²) in [6.45, 7) is 4.87. The van der Waals surface area contributed by atoms with Gasteiger partial charge in [-0.1, -0.05) is 30.7 Å².